The lowest BCUT2D eigenvalue weighted by molar-refractivity contribution is -0.138. The Kier molecular flexibility index (Phi) is 2.07. The van der Waals surface area contributed by atoms with Crippen molar-refractivity contribution in [3.63, 3.8) is 0 Å². The third-order valence-electron chi connectivity index (χ3n) is 2.36. The Hall–Kier alpha value is -2.04. The van der Waals surface area contributed by atoms with Crippen LogP contribution in [0.25, 0.3) is 0 Å². The molecule has 1 aliphatic rings. The summed E-state index contributed by atoms with van der Waals surface area (Å²) in [6.07, 6.45) is -0.262. The van der Waals surface area contributed by atoms with E-state index in [1.54, 1.807) is 6.07 Å². The number of hydrogen-bond donors (Lipinski definition) is 3. The number of rotatable bonds is 2. The van der Waals surface area contributed by atoms with E-state index in [1.807, 2.05) is 0 Å². The first-order valence-electron chi connectivity index (χ1n) is 4.43. The summed E-state index contributed by atoms with van der Waals surface area (Å²) in [7, 11) is 0. The molecular weight excluding hydrogens is 198 g/mol. The number of carboxylic acids is 1. The molecule has 0 saturated heterocycles. The molecule has 1 amide bonds. The Bertz CT molecular complexity index is 441. The Morgan fingerprint density at radius 1 is 1.47 bits per heavy atom. The van der Waals surface area contributed by atoms with Crippen LogP contribution in [0.1, 0.15) is 17.9 Å². The van der Waals surface area contributed by atoms with Gasteiger partial charge in [-0.1, -0.05) is 0 Å². The molecule has 78 valence electrons. The van der Waals surface area contributed by atoms with Crippen molar-refractivity contribution in [1.29, 1.82) is 0 Å². The zero-order chi connectivity index (χ0) is 11.0. The third-order valence-corrected chi connectivity index (χ3v) is 2.36. The largest absolute Gasteiger partial charge is 0.508 e. The van der Waals surface area contributed by atoms with Crippen molar-refractivity contribution in [2.45, 2.75) is 12.3 Å². The number of benzene rings is 1. The highest BCUT2D eigenvalue weighted by molar-refractivity contribution is 6.04. The quantitative estimate of drug-likeness (QED) is 0.629. The summed E-state index contributed by atoms with van der Waals surface area (Å²) in [6.45, 7) is 0. The van der Waals surface area contributed by atoms with Gasteiger partial charge in [-0.2, -0.15) is 0 Å². The number of nitrogens with one attached hydrogen (secondary N) is 1. The van der Waals surface area contributed by atoms with Crippen LogP contribution in [0.4, 0.5) is 5.69 Å². The smallest absolute Gasteiger partial charge is 0.304 e. The first-order valence-corrected chi connectivity index (χ1v) is 4.43. The highest BCUT2D eigenvalue weighted by Crippen LogP contribution is 2.36. The van der Waals surface area contributed by atoms with E-state index < -0.39 is 11.9 Å². The standard InChI is InChI=1S/C10H9NO4/c12-5-1-2-8-6(3-5)7(4-9(13)14)10(15)11-8/h1-3,7,12H,4H2,(H,11,15)(H,13,14). The minimum Gasteiger partial charge on any atom is -0.508 e. The number of anilines is 1. The second kappa shape index (κ2) is 3.27. The number of amides is 1. The fourth-order valence-electron chi connectivity index (χ4n) is 1.69. The van der Waals surface area contributed by atoms with Crippen LogP contribution in [0.15, 0.2) is 18.2 Å². The molecule has 3 N–H and O–H groups in total. The summed E-state index contributed by atoms with van der Waals surface area (Å²) in [5, 5.41) is 20.5. The second-order valence-corrected chi connectivity index (χ2v) is 3.41. The maximum atomic E-state index is 11.4. The van der Waals surface area contributed by atoms with Gasteiger partial charge in [0.05, 0.1) is 12.3 Å². The van der Waals surface area contributed by atoms with Gasteiger partial charge in [-0.05, 0) is 23.8 Å². The van der Waals surface area contributed by atoms with Gasteiger partial charge in [0.1, 0.15) is 5.75 Å². The van der Waals surface area contributed by atoms with Gasteiger partial charge in [0, 0.05) is 5.69 Å². The number of phenolic OH excluding ortho intramolecular Hbond substituents is 1. The second-order valence-electron chi connectivity index (χ2n) is 3.41. The lowest BCUT2D eigenvalue weighted by Gasteiger charge is -2.04. The molecule has 0 bridgehead atoms. The number of aromatic hydroxyl groups is 1. The fraction of sp³-hybridized carbons (Fsp3) is 0.200. The zero-order valence-corrected chi connectivity index (χ0v) is 7.73. The van der Waals surface area contributed by atoms with E-state index in [1.165, 1.54) is 12.1 Å². The van der Waals surface area contributed by atoms with E-state index >= 15 is 0 Å². The molecular formula is C10H9NO4. The maximum absolute atomic E-state index is 11.4. The van der Waals surface area contributed by atoms with E-state index in [2.05, 4.69) is 5.32 Å². The average Bonchev–Trinajstić information content (AvgIpc) is 2.43. The molecule has 0 aromatic heterocycles. The van der Waals surface area contributed by atoms with Crippen molar-refractivity contribution in [2.75, 3.05) is 5.32 Å². The molecule has 1 heterocycles. The van der Waals surface area contributed by atoms with Crippen molar-refractivity contribution >= 4 is 17.6 Å². The maximum Gasteiger partial charge on any atom is 0.304 e. The van der Waals surface area contributed by atoms with Crippen LogP contribution in [0.3, 0.4) is 0 Å². The van der Waals surface area contributed by atoms with Crippen molar-refractivity contribution in [1.82, 2.24) is 0 Å². The van der Waals surface area contributed by atoms with Crippen molar-refractivity contribution in [2.24, 2.45) is 0 Å². The van der Waals surface area contributed by atoms with Crippen molar-refractivity contribution in [3.05, 3.63) is 23.8 Å². The lowest BCUT2D eigenvalue weighted by atomic mass is 9.97. The van der Waals surface area contributed by atoms with Crippen LogP contribution in [0.5, 0.6) is 5.75 Å². The summed E-state index contributed by atoms with van der Waals surface area (Å²) >= 11 is 0. The Balaban J connectivity index is 2.39. The first-order chi connectivity index (χ1) is 7.08. The van der Waals surface area contributed by atoms with Crippen molar-refractivity contribution < 1.29 is 19.8 Å². The summed E-state index contributed by atoms with van der Waals surface area (Å²) in [5.41, 5.74) is 1.12. The third kappa shape index (κ3) is 1.63. The average molecular weight is 207 g/mol. The molecule has 5 nitrogen and oxygen atoms in total. The highest BCUT2D eigenvalue weighted by atomic mass is 16.4. The van der Waals surface area contributed by atoms with Gasteiger partial charge in [0.2, 0.25) is 5.91 Å². The molecule has 1 unspecified atom stereocenters. The molecule has 0 aliphatic carbocycles. The van der Waals surface area contributed by atoms with Crippen LogP contribution in [-0.2, 0) is 9.59 Å². The topological polar surface area (TPSA) is 86.6 Å². The van der Waals surface area contributed by atoms with E-state index in [9.17, 15) is 14.7 Å². The summed E-state index contributed by atoms with van der Waals surface area (Å²) in [6, 6.07) is 4.42. The summed E-state index contributed by atoms with van der Waals surface area (Å²) in [4.78, 5) is 22.0. The van der Waals surface area contributed by atoms with E-state index in [0.29, 0.717) is 11.3 Å². The molecule has 1 aromatic carbocycles. The van der Waals surface area contributed by atoms with Crippen molar-refractivity contribution in [3.8, 4) is 5.75 Å². The predicted molar refractivity (Wildman–Crippen MR) is 51.7 cm³/mol. The normalized spacial score (nSPS) is 18.4. The van der Waals surface area contributed by atoms with Gasteiger partial charge in [-0.15, -0.1) is 0 Å². The molecule has 0 radical (unpaired) electrons. The number of phenols is 1. The fourth-order valence-corrected chi connectivity index (χ4v) is 1.69. The van der Waals surface area contributed by atoms with Crippen LogP contribution in [0.2, 0.25) is 0 Å². The number of hydrogen-bond acceptors (Lipinski definition) is 3. The van der Waals surface area contributed by atoms with Gasteiger partial charge in [-0.3, -0.25) is 9.59 Å². The first kappa shape index (κ1) is 9.51. The Labute approximate surface area is 85.3 Å². The van der Waals surface area contributed by atoms with Gasteiger partial charge in [0.15, 0.2) is 0 Å². The number of carbonyl (C=O) groups is 2. The van der Waals surface area contributed by atoms with Crippen LogP contribution >= 0.6 is 0 Å². The van der Waals surface area contributed by atoms with E-state index in [0.717, 1.165) is 0 Å². The van der Waals surface area contributed by atoms with Crippen LogP contribution < -0.4 is 5.32 Å². The molecule has 1 aliphatic heterocycles. The lowest BCUT2D eigenvalue weighted by Crippen LogP contribution is -2.15. The SMILES string of the molecule is O=C(O)CC1C(=O)Nc2ccc(O)cc21. The zero-order valence-electron chi connectivity index (χ0n) is 7.73. The van der Waals surface area contributed by atoms with E-state index in [4.69, 9.17) is 5.11 Å². The highest BCUT2D eigenvalue weighted by Gasteiger charge is 2.32. The minimum absolute atomic E-state index is 0.0284. The molecule has 15 heavy (non-hydrogen) atoms. The Morgan fingerprint density at radius 2 is 2.20 bits per heavy atom. The van der Waals surface area contributed by atoms with Gasteiger partial charge < -0.3 is 15.5 Å². The molecule has 5 heteroatoms. The number of fused-ring (bicyclic) bond motifs is 1. The summed E-state index contributed by atoms with van der Waals surface area (Å²) < 4.78 is 0. The van der Waals surface area contributed by atoms with Crippen LogP contribution in [-0.4, -0.2) is 22.1 Å². The Morgan fingerprint density at radius 3 is 2.87 bits per heavy atom. The molecule has 0 saturated carbocycles. The molecule has 0 spiro atoms. The monoisotopic (exact) mass is 207 g/mol. The molecule has 0 fully saturated rings. The molecule has 1 atom stereocenters. The number of aliphatic carboxylic acids is 1. The number of carboxylic acid groups (broad SMARTS) is 1. The molecule has 2 rings (SSSR count). The predicted octanol–water partition coefficient (Wildman–Crippen LogP) is 0.903. The van der Waals surface area contributed by atoms with Gasteiger partial charge in [-0.25, -0.2) is 0 Å². The van der Waals surface area contributed by atoms with E-state index in [-0.39, 0.29) is 18.1 Å². The van der Waals surface area contributed by atoms with Crippen LogP contribution in [0, 0.1) is 0 Å². The minimum atomic E-state index is -1.04. The van der Waals surface area contributed by atoms with Gasteiger partial charge in [0.25, 0.3) is 0 Å². The summed E-state index contributed by atoms with van der Waals surface area (Å²) in [5.74, 6) is -2.05. The van der Waals surface area contributed by atoms with Gasteiger partial charge >= 0.3 is 5.97 Å². The molecule has 1 aromatic rings. The number of carbonyl (C=O) groups excluding carboxylic acids is 1.